The number of aromatic nitrogens is 4. The van der Waals surface area contributed by atoms with Crippen molar-refractivity contribution in [3.63, 3.8) is 0 Å². The lowest BCUT2D eigenvalue weighted by Crippen LogP contribution is -1.94. The minimum Gasteiger partial charge on any atom is -0.497 e. The van der Waals surface area contributed by atoms with Crippen LogP contribution in [0.5, 0.6) is 5.75 Å². The number of anilines is 1. The first-order valence-electron chi connectivity index (χ1n) is 6.95. The summed E-state index contributed by atoms with van der Waals surface area (Å²) >= 11 is 3.03. The van der Waals surface area contributed by atoms with E-state index in [4.69, 9.17) is 9.15 Å². The van der Waals surface area contributed by atoms with Crippen LogP contribution in [0.15, 0.2) is 33.0 Å². The maximum atomic E-state index is 5.68. The van der Waals surface area contributed by atoms with Crippen LogP contribution in [0.4, 0.5) is 5.13 Å². The third-order valence-electron chi connectivity index (χ3n) is 2.86. The van der Waals surface area contributed by atoms with Gasteiger partial charge in [-0.15, -0.1) is 20.4 Å². The Morgan fingerprint density at radius 1 is 1.17 bits per heavy atom. The lowest BCUT2D eigenvalue weighted by molar-refractivity contribution is 0.415. The minimum atomic E-state index is 0.494. The smallest absolute Gasteiger partial charge is 0.247 e. The molecule has 0 bridgehead atoms. The maximum Gasteiger partial charge on any atom is 0.247 e. The summed E-state index contributed by atoms with van der Waals surface area (Å²) in [6.45, 7) is 2.85. The zero-order valence-electron chi connectivity index (χ0n) is 12.6. The molecule has 0 amide bonds. The van der Waals surface area contributed by atoms with Gasteiger partial charge in [-0.05, 0) is 31.2 Å². The molecule has 0 radical (unpaired) electrons. The molecule has 7 nitrogen and oxygen atoms in total. The van der Waals surface area contributed by atoms with Crippen LogP contribution in [0, 0.1) is 0 Å². The number of thioether (sulfide) groups is 1. The number of rotatable bonds is 7. The van der Waals surface area contributed by atoms with E-state index in [0.717, 1.165) is 27.3 Å². The van der Waals surface area contributed by atoms with Crippen molar-refractivity contribution in [3.8, 4) is 17.2 Å². The molecule has 2 heterocycles. The van der Waals surface area contributed by atoms with Gasteiger partial charge in [0.05, 0.1) is 12.9 Å². The fourth-order valence-corrected chi connectivity index (χ4v) is 3.43. The Hall–Kier alpha value is -2.13. The fraction of sp³-hybridized carbons (Fsp3) is 0.286. The molecule has 0 aliphatic carbocycles. The first kappa shape index (κ1) is 15.8. The summed E-state index contributed by atoms with van der Waals surface area (Å²) in [5.74, 6) is 2.40. The number of benzene rings is 1. The minimum absolute atomic E-state index is 0.494. The first-order valence-corrected chi connectivity index (χ1v) is 8.75. The summed E-state index contributed by atoms with van der Waals surface area (Å²) in [5, 5.41) is 20.2. The van der Waals surface area contributed by atoms with Crippen molar-refractivity contribution in [3.05, 3.63) is 30.2 Å². The summed E-state index contributed by atoms with van der Waals surface area (Å²) < 4.78 is 11.7. The first-order chi connectivity index (χ1) is 11.3. The lowest BCUT2D eigenvalue weighted by atomic mass is 10.2. The molecule has 2 aromatic heterocycles. The average Bonchev–Trinajstić information content (AvgIpc) is 3.23. The van der Waals surface area contributed by atoms with Crippen LogP contribution in [0.1, 0.15) is 12.8 Å². The molecular formula is C14H15N5O2S2. The molecule has 1 N–H and O–H groups in total. The van der Waals surface area contributed by atoms with Crippen molar-refractivity contribution in [1.82, 2.24) is 20.4 Å². The SMILES string of the molecule is CCNc1nnc(SCc2nnc(-c3ccc(OC)cc3)o2)s1. The molecule has 0 saturated heterocycles. The van der Waals surface area contributed by atoms with E-state index in [1.807, 2.05) is 31.2 Å². The molecule has 0 fully saturated rings. The topological polar surface area (TPSA) is 86.0 Å². The van der Waals surface area contributed by atoms with Crippen molar-refractivity contribution < 1.29 is 9.15 Å². The summed E-state index contributed by atoms with van der Waals surface area (Å²) in [4.78, 5) is 0. The quantitative estimate of drug-likeness (QED) is 0.650. The van der Waals surface area contributed by atoms with E-state index < -0.39 is 0 Å². The van der Waals surface area contributed by atoms with Gasteiger partial charge >= 0.3 is 0 Å². The Labute approximate surface area is 141 Å². The van der Waals surface area contributed by atoms with Gasteiger partial charge in [0.15, 0.2) is 4.34 Å². The second-order valence-corrected chi connectivity index (χ2v) is 6.62. The van der Waals surface area contributed by atoms with E-state index in [1.165, 1.54) is 23.1 Å². The molecule has 3 aromatic rings. The third-order valence-corrected chi connectivity index (χ3v) is 4.86. The van der Waals surface area contributed by atoms with Crippen LogP contribution in [-0.4, -0.2) is 34.0 Å². The van der Waals surface area contributed by atoms with Gasteiger partial charge in [0.2, 0.25) is 16.9 Å². The van der Waals surface area contributed by atoms with Crippen LogP contribution in [0.3, 0.4) is 0 Å². The largest absolute Gasteiger partial charge is 0.497 e. The lowest BCUT2D eigenvalue weighted by Gasteiger charge is -1.99. The van der Waals surface area contributed by atoms with Crippen molar-refractivity contribution in [2.45, 2.75) is 17.0 Å². The summed E-state index contributed by atoms with van der Waals surface area (Å²) in [6.07, 6.45) is 0. The molecule has 3 rings (SSSR count). The number of hydrogen-bond acceptors (Lipinski definition) is 9. The summed E-state index contributed by atoms with van der Waals surface area (Å²) in [7, 11) is 1.63. The predicted molar refractivity (Wildman–Crippen MR) is 89.9 cm³/mol. The standard InChI is InChI=1S/C14H15N5O2S2/c1-3-15-13-18-19-14(23-13)22-8-11-16-17-12(21-11)9-4-6-10(20-2)7-5-9/h4-7H,3,8H2,1-2H3,(H,15,18). The molecule has 0 atom stereocenters. The normalized spacial score (nSPS) is 10.7. The number of hydrogen-bond donors (Lipinski definition) is 1. The van der Waals surface area contributed by atoms with E-state index in [9.17, 15) is 0 Å². The monoisotopic (exact) mass is 349 g/mol. The number of nitrogens with zero attached hydrogens (tertiary/aromatic N) is 4. The summed E-state index contributed by atoms with van der Waals surface area (Å²) in [6, 6.07) is 7.49. The van der Waals surface area contributed by atoms with E-state index in [2.05, 4.69) is 25.7 Å². The highest BCUT2D eigenvalue weighted by molar-refractivity contribution is 8.00. The molecule has 9 heteroatoms. The molecule has 120 valence electrons. The van der Waals surface area contributed by atoms with Crippen LogP contribution in [0.2, 0.25) is 0 Å². The molecule has 0 aliphatic heterocycles. The zero-order chi connectivity index (χ0) is 16.1. The van der Waals surface area contributed by atoms with Gasteiger partial charge in [0.25, 0.3) is 0 Å². The zero-order valence-corrected chi connectivity index (χ0v) is 14.3. The van der Waals surface area contributed by atoms with Crippen molar-refractivity contribution in [2.24, 2.45) is 0 Å². The Kier molecular flexibility index (Phi) is 5.09. The van der Waals surface area contributed by atoms with Gasteiger partial charge < -0.3 is 14.5 Å². The predicted octanol–water partition coefficient (Wildman–Crippen LogP) is 3.32. The van der Waals surface area contributed by atoms with Gasteiger partial charge in [-0.3, -0.25) is 0 Å². The Balaban J connectivity index is 1.62. The fourth-order valence-electron chi connectivity index (χ4n) is 1.78. The molecule has 0 saturated carbocycles. The molecule has 0 unspecified atom stereocenters. The van der Waals surface area contributed by atoms with E-state index in [0.29, 0.717) is 17.5 Å². The number of nitrogens with one attached hydrogen (secondary N) is 1. The molecule has 0 aliphatic rings. The van der Waals surface area contributed by atoms with E-state index in [-0.39, 0.29) is 0 Å². The molecular weight excluding hydrogens is 334 g/mol. The number of methoxy groups -OCH3 is 1. The third kappa shape index (κ3) is 3.99. The van der Waals surface area contributed by atoms with Gasteiger partial charge in [0.1, 0.15) is 5.75 Å². The maximum absolute atomic E-state index is 5.68. The van der Waals surface area contributed by atoms with Crippen molar-refractivity contribution in [1.29, 1.82) is 0 Å². The second kappa shape index (κ2) is 7.42. The average molecular weight is 349 g/mol. The Morgan fingerprint density at radius 3 is 2.74 bits per heavy atom. The van der Waals surface area contributed by atoms with Gasteiger partial charge in [0, 0.05) is 12.1 Å². The van der Waals surface area contributed by atoms with Gasteiger partial charge in [-0.25, -0.2) is 0 Å². The van der Waals surface area contributed by atoms with E-state index >= 15 is 0 Å². The highest BCUT2D eigenvalue weighted by atomic mass is 32.2. The Morgan fingerprint density at radius 2 is 2.00 bits per heavy atom. The molecule has 23 heavy (non-hydrogen) atoms. The highest BCUT2D eigenvalue weighted by Gasteiger charge is 2.11. The van der Waals surface area contributed by atoms with Crippen LogP contribution < -0.4 is 10.1 Å². The van der Waals surface area contributed by atoms with Crippen LogP contribution in [0.25, 0.3) is 11.5 Å². The molecule has 0 spiro atoms. The van der Waals surface area contributed by atoms with E-state index in [1.54, 1.807) is 7.11 Å². The second-order valence-electron chi connectivity index (χ2n) is 4.42. The van der Waals surface area contributed by atoms with Crippen LogP contribution in [-0.2, 0) is 5.75 Å². The van der Waals surface area contributed by atoms with Gasteiger partial charge in [-0.1, -0.05) is 23.1 Å². The molecule has 1 aromatic carbocycles. The van der Waals surface area contributed by atoms with Crippen molar-refractivity contribution >= 4 is 28.2 Å². The highest BCUT2D eigenvalue weighted by Crippen LogP contribution is 2.29. The van der Waals surface area contributed by atoms with Crippen molar-refractivity contribution in [2.75, 3.05) is 19.0 Å². The van der Waals surface area contributed by atoms with Gasteiger partial charge in [-0.2, -0.15) is 0 Å². The van der Waals surface area contributed by atoms with Crippen LogP contribution >= 0.6 is 23.1 Å². The summed E-state index contributed by atoms with van der Waals surface area (Å²) in [5.41, 5.74) is 0.861. The Bertz CT molecular complexity index is 757. The number of ether oxygens (including phenoxy) is 1.